The fraction of sp³-hybridized carbons (Fsp3) is 0.125. The highest BCUT2D eigenvalue weighted by atomic mass is 32.2. The smallest absolute Gasteiger partial charge is 0.268 e. The molecule has 0 aliphatic carbocycles. The molecule has 0 radical (unpaired) electrons. The maximum atomic E-state index is 12.1. The normalized spacial score (nSPS) is 11.3. The molecule has 126 valence electrons. The largest absolute Gasteiger partial charge is 0.468 e. The zero-order chi connectivity index (χ0) is 17.6. The van der Waals surface area contributed by atoms with E-state index < -0.39 is 5.91 Å². The van der Waals surface area contributed by atoms with E-state index in [0.717, 1.165) is 10.8 Å². The fourth-order valence-electron chi connectivity index (χ4n) is 1.83. The molecule has 0 unspecified atom stereocenters. The molecule has 9 heteroatoms. The lowest BCUT2D eigenvalue weighted by Gasteiger charge is -1.98. The number of aromatic nitrogens is 2. The summed E-state index contributed by atoms with van der Waals surface area (Å²) in [7, 11) is 0. The van der Waals surface area contributed by atoms with Gasteiger partial charge in [-0.25, -0.2) is 0 Å². The number of carbonyl (C=O) groups is 1. The molecule has 7 nitrogen and oxygen atoms in total. The molecule has 3 aromatic heterocycles. The van der Waals surface area contributed by atoms with Crippen LogP contribution in [0, 0.1) is 18.3 Å². The first-order valence-corrected chi connectivity index (χ1v) is 8.92. The molecule has 0 bridgehead atoms. The lowest BCUT2D eigenvalue weighted by Crippen LogP contribution is -2.13. The second-order valence-corrected chi connectivity index (χ2v) is 6.94. The van der Waals surface area contributed by atoms with Crippen LogP contribution in [0.3, 0.4) is 0 Å². The number of carbonyl (C=O) groups excluding carboxylic acids is 1. The molecule has 0 aliphatic heterocycles. The van der Waals surface area contributed by atoms with E-state index >= 15 is 0 Å². The van der Waals surface area contributed by atoms with Gasteiger partial charge in [0.2, 0.25) is 5.13 Å². The Hall–Kier alpha value is -2.83. The van der Waals surface area contributed by atoms with Crippen LogP contribution < -0.4 is 5.32 Å². The Kier molecular flexibility index (Phi) is 5.33. The van der Waals surface area contributed by atoms with Crippen LogP contribution in [0.15, 0.2) is 50.0 Å². The minimum atomic E-state index is -0.556. The summed E-state index contributed by atoms with van der Waals surface area (Å²) in [4.78, 5) is 12.1. The summed E-state index contributed by atoms with van der Waals surface area (Å²) in [5.41, 5.74) is -0.0789. The molecule has 0 spiro atoms. The van der Waals surface area contributed by atoms with Crippen molar-refractivity contribution in [2.24, 2.45) is 0 Å². The predicted octanol–water partition coefficient (Wildman–Crippen LogP) is 3.87. The number of amides is 1. The van der Waals surface area contributed by atoms with Gasteiger partial charge in [-0.2, -0.15) is 5.26 Å². The van der Waals surface area contributed by atoms with Gasteiger partial charge in [-0.3, -0.25) is 10.1 Å². The van der Waals surface area contributed by atoms with Crippen molar-refractivity contribution < 1.29 is 13.6 Å². The lowest BCUT2D eigenvalue weighted by molar-refractivity contribution is -0.112. The summed E-state index contributed by atoms with van der Waals surface area (Å²) in [6.07, 6.45) is 3.00. The number of furan rings is 2. The average molecular weight is 372 g/mol. The van der Waals surface area contributed by atoms with E-state index in [0.29, 0.717) is 21.7 Å². The number of anilines is 1. The number of hydrogen-bond donors (Lipinski definition) is 1. The van der Waals surface area contributed by atoms with Crippen LogP contribution >= 0.6 is 23.1 Å². The topological polar surface area (TPSA) is 105 Å². The van der Waals surface area contributed by atoms with E-state index in [4.69, 9.17) is 8.83 Å². The monoisotopic (exact) mass is 372 g/mol. The molecule has 0 aromatic carbocycles. The van der Waals surface area contributed by atoms with Crippen molar-refractivity contribution in [3.8, 4) is 6.07 Å². The van der Waals surface area contributed by atoms with E-state index in [-0.39, 0.29) is 5.57 Å². The van der Waals surface area contributed by atoms with Gasteiger partial charge in [0.05, 0.1) is 12.0 Å². The van der Waals surface area contributed by atoms with Crippen molar-refractivity contribution >= 4 is 40.2 Å². The third-order valence-corrected chi connectivity index (χ3v) is 4.62. The van der Waals surface area contributed by atoms with Crippen LogP contribution in [0.4, 0.5) is 5.13 Å². The lowest BCUT2D eigenvalue weighted by atomic mass is 10.2. The zero-order valence-electron chi connectivity index (χ0n) is 13.1. The Morgan fingerprint density at radius 3 is 3.00 bits per heavy atom. The van der Waals surface area contributed by atoms with Crippen LogP contribution in [0.25, 0.3) is 6.08 Å². The molecule has 3 heterocycles. The van der Waals surface area contributed by atoms with Crippen LogP contribution in [0.1, 0.15) is 16.5 Å². The van der Waals surface area contributed by atoms with Crippen molar-refractivity contribution in [1.29, 1.82) is 5.26 Å². The minimum Gasteiger partial charge on any atom is -0.468 e. The Balaban J connectivity index is 1.65. The maximum Gasteiger partial charge on any atom is 0.268 e. The van der Waals surface area contributed by atoms with Gasteiger partial charge >= 0.3 is 0 Å². The van der Waals surface area contributed by atoms with Crippen LogP contribution in [-0.2, 0) is 10.5 Å². The van der Waals surface area contributed by atoms with Crippen molar-refractivity contribution in [2.75, 3.05) is 5.32 Å². The Morgan fingerprint density at radius 1 is 1.44 bits per heavy atom. The van der Waals surface area contributed by atoms with E-state index in [1.54, 1.807) is 25.3 Å². The van der Waals surface area contributed by atoms with Crippen LogP contribution in [0.2, 0.25) is 0 Å². The maximum absolute atomic E-state index is 12.1. The minimum absolute atomic E-state index is 0.0789. The average Bonchev–Trinajstić information content (AvgIpc) is 3.33. The summed E-state index contributed by atoms with van der Waals surface area (Å²) >= 11 is 2.69. The quantitative estimate of drug-likeness (QED) is 0.398. The molecule has 0 aliphatic rings. The molecule has 3 rings (SSSR count). The van der Waals surface area contributed by atoms with Gasteiger partial charge in [-0.05, 0) is 31.2 Å². The Morgan fingerprint density at radius 2 is 2.32 bits per heavy atom. The highest BCUT2D eigenvalue weighted by molar-refractivity contribution is 7.98. The third-order valence-electron chi connectivity index (χ3n) is 2.94. The van der Waals surface area contributed by atoms with Crippen LogP contribution in [-0.4, -0.2) is 16.1 Å². The molecule has 0 atom stereocenters. The zero-order valence-corrected chi connectivity index (χ0v) is 14.7. The summed E-state index contributed by atoms with van der Waals surface area (Å²) < 4.78 is 10.9. The SMILES string of the molecule is Cc1nnc(NC(=O)/C(C#N)=C\c2ccc(SCc3ccco3)o2)s1. The van der Waals surface area contributed by atoms with E-state index in [2.05, 4.69) is 15.5 Å². The van der Waals surface area contributed by atoms with Crippen molar-refractivity contribution in [3.05, 3.63) is 52.6 Å². The van der Waals surface area contributed by atoms with Crippen molar-refractivity contribution in [3.63, 3.8) is 0 Å². The summed E-state index contributed by atoms with van der Waals surface area (Å²) in [5.74, 6) is 1.33. The molecule has 1 amide bonds. The highest BCUT2D eigenvalue weighted by Crippen LogP contribution is 2.26. The summed E-state index contributed by atoms with van der Waals surface area (Å²) in [5, 5.41) is 21.1. The number of nitriles is 1. The summed E-state index contributed by atoms with van der Waals surface area (Å²) in [6.45, 7) is 1.78. The number of nitrogens with zero attached hydrogens (tertiary/aromatic N) is 3. The Bertz CT molecular complexity index is 935. The second-order valence-electron chi connectivity index (χ2n) is 4.78. The van der Waals surface area contributed by atoms with Crippen molar-refractivity contribution in [2.45, 2.75) is 17.8 Å². The van der Waals surface area contributed by atoms with Gasteiger partial charge in [0.15, 0.2) is 5.09 Å². The Labute approximate surface area is 151 Å². The molecular weight excluding hydrogens is 360 g/mol. The first-order chi connectivity index (χ1) is 12.1. The molecule has 25 heavy (non-hydrogen) atoms. The number of nitrogens with one attached hydrogen (secondary N) is 1. The molecule has 3 aromatic rings. The van der Waals surface area contributed by atoms with Gasteiger partial charge in [-0.1, -0.05) is 23.1 Å². The first kappa shape index (κ1) is 17.0. The van der Waals surface area contributed by atoms with Gasteiger partial charge < -0.3 is 8.83 Å². The molecule has 0 saturated carbocycles. The standard InChI is InChI=1S/C16H12N4O3S2/c1-10-19-20-16(25-10)18-15(21)11(8-17)7-12-4-5-14(23-12)24-9-13-3-2-6-22-13/h2-7H,9H2,1H3,(H,18,20,21)/b11-7-. The van der Waals surface area contributed by atoms with Gasteiger partial charge in [0.25, 0.3) is 5.91 Å². The first-order valence-electron chi connectivity index (χ1n) is 7.12. The fourth-order valence-corrected chi connectivity index (χ4v) is 3.18. The third kappa shape index (κ3) is 4.59. The van der Waals surface area contributed by atoms with E-state index in [9.17, 15) is 10.1 Å². The van der Waals surface area contributed by atoms with E-state index in [1.165, 1.54) is 29.2 Å². The van der Waals surface area contributed by atoms with Crippen LogP contribution in [0.5, 0.6) is 0 Å². The molecule has 0 saturated heterocycles. The highest BCUT2D eigenvalue weighted by Gasteiger charge is 2.13. The van der Waals surface area contributed by atoms with E-state index in [1.807, 2.05) is 18.2 Å². The second kappa shape index (κ2) is 7.83. The molecule has 0 fully saturated rings. The predicted molar refractivity (Wildman–Crippen MR) is 93.8 cm³/mol. The van der Waals surface area contributed by atoms with Gasteiger partial charge in [0.1, 0.15) is 28.2 Å². The molecule has 1 N–H and O–H groups in total. The number of aryl methyl sites for hydroxylation is 1. The molecular formula is C16H12N4O3S2. The van der Waals surface area contributed by atoms with Gasteiger partial charge in [-0.15, -0.1) is 10.2 Å². The number of thioether (sulfide) groups is 1. The number of rotatable bonds is 6. The summed E-state index contributed by atoms with van der Waals surface area (Å²) in [6, 6.07) is 9.04. The number of hydrogen-bond acceptors (Lipinski definition) is 8. The van der Waals surface area contributed by atoms with Gasteiger partial charge in [0, 0.05) is 6.08 Å². The van der Waals surface area contributed by atoms with Crippen molar-refractivity contribution in [1.82, 2.24) is 10.2 Å².